The molecule has 0 aromatic carbocycles. The molecule has 41 heavy (non-hydrogen) atoms. The molecule has 6 rings (SSSR count). The van der Waals surface area contributed by atoms with Crippen molar-refractivity contribution in [3.63, 3.8) is 0 Å². The minimum atomic E-state index is -1.15. The van der Waals surface area contributed by atoms with E-state index in [-0.39, 0.29) is 41.8 Å². The molecular formula is C31H48O10. The maximum atomic E-state index is 12.5. The van der Waals surface area contributed by atoms with Gasteiger partial charge in [-0.25, -0.2) is 4.79 Å². The molecule has 6 aliphatic rings. The minimum Gasteiger partial charge on any atom is -0.458 e. The molecule has 0 aromatic rings. The van der Waals surface area contributed by atoms with Gasteiger partial charge >= 0.3 is 5.97 Å². The Kier molecular flexibility index (Phi) is 7.67. The first-order valence-corrected chi connectivity index (χ1v) is 15.4. The van der Waals surface area contributed by atoms with Gasteiger partial charge in [0.15, 0.2) is 6.29 Å². The van der Waals surface area contributed by atoms with Crippen LogP contribution in [-0.2, 0) is 28.5 Å². The van der Waals surface area contributed by atoms with Crippen molar-refractivity contribution in [1.82, 2.24) is 0 Å². The number of cyclic esters (lactones) is 1. The molecule has 4 N–H and O–H groups in total. The summed E-state index contributed by atoms with van der Waals surface area (Å²) in [5.41, 5.74) is -2.20. The first-order chi connectivity index (χ1) is 19.5. The number of methoxy groups -OCH3 is 2. The number of hydrogen-bond donors (Lipinski definition) is 4. The normalized spacial score (nSPS) is 53.2. The lowest BCUT2D eigenvalue weighted by molar-refractivity contribution is -0.327. The van der Waals surface area contributed by atoms with Crippen LogP contribution in [0.5, 0.6) is 0 Å². The van der Waals surface area contributed by atoms with E-state index < -0.39 is 47.3 Å². The lowest BCUT2D eigenvalue weighted by atomic mass is 9.41. The predicted molar refractivity (Wildman–Crippen MR) is 145 cm³/mol. The van der Waals surface area contributed by atoms with Crippen LogP contribution in [0.3, 0.4) is 0 Å². The van der Waals surface area contributed by atoms with Gasteiger partial charge in [0.1, 0.15) is 24.9 Å². The molecule has 2 heterocycles. The molecule has 4 aliphatic carbocycles. The summed E-state index contributed by atoms with van der Waals surface area (Å²) < 4.78 is 28.8. The number of aliphatic hydroxyl groups is 4. The summed E-state index contributed by atoms with van der Waals surface area (Å²) in [7, 11) is 3.06. The van der Waals surface area contributed by atoms with E-state index in [9.17, 15) is 25.2 Å². The van der Waals surface area contributed by atoms with Gasteiger partial charge in [0.25, 0.3) is 0 Å². The number of rotatable bonds is 6. The highest BCUT2D eigenvalue weighted by molar-refractivity contribution is 5.85. The smallest absolute Gasteiger partial charge is 0.331 e. The molecule has 10 nitrogen and oxygen atoms in total. The summed E-state index contributed by atoms with van der Waals surface area (Å²) in [6, 6.07) is 0. The molecule has 5 fully saturated rings. The number of aliphatic hydroxyl groups excluding tert-OH is 2. The van der Waals surface area contributed by atoms with E-state index in [1.807, 2.05) is 0 Å². The third-order valence-electron chi connectivity index (χ3n) is 12.7. The van der Waals surface area contributed by atoms with Gasteiger partial charge in [-0.05, 0) is 81.6 Å². The van der Waals surface area contributed by atoms with Crippen LogP contribution in [0.25, 0.3) is 0 Å². The van der Waals surface area contributed by atoms with Crippen molar-refractivity contribution in [2.24, 2.45) is 28.6 Å². The minimum absolute atomic E-state index is 0.0230. The maximum Gasteiger partial charge on any atom is 0.331 e. The van der Waals surface area contributed by atoms with E-state index in [4.69, 9.17) is 23.7 Å². The van der Waals surface area contributed by atoms with Crippen molar-refractivity contribution in [3.8, 4) is 0 Å². The Morgan fingerprint density at radius 2 is 1.73 bits per heavy atom. The van der Waals surface area contributed by atoms with E-state index in [0.29, 0.717) is 45.1 Å². The monoisotopic (exact) mass is 580 g/mol. The lowest BCUT2D eigenvalue weighted by Crippen LogP contribution is -2.69. The largest absolute Gasteiger partial charge is 0.458 e. The lowest BCUT2D eigenvalue weighted by Gasteiger charge is -2.66. The summed E-state index contributed by atoms with van der Waals surface area (Å²) in [4.78, 5) is 11.8. The first-order valence-electron chi connectivity index (χ1n) is 15.4. The average Bonchev–Trinajstić information content (AvgIpc) is 3.49. The van der Waals surface area contributed by atoms with E-state index >= 15 is 0 Å². The highest BCUT2D eigenvalue weighted by atomic mass is 16.7. The van der Waals surface area contributed by atoms with Gasteiger partial charge in [-0.15, -0.1) is 0 Å². The molecule has 13 atom stereocenters. The molecule has 1 saturated heterocycles. The average molecular weight is 581 g/mol. The number of hydrogen-bond acceptors (Lipinski definition) is 10. The Morgan fingerprint density at radius 1 is 1.00 bits per heavy atom. The van der Waals surface area contributed by atoms with E-state index in [0.717, 1.165) is 24.8 Å². The molecule has 0 radical (unpaired) electrons. The summed E-state index contributed by atoms with van der Waals surface area (Å²) in [5.74, 6) is -0.271. The highest BCUT2D eigenvalue weighted by Gasteiger charge is 2.71. The molecule has 232 valence electrons. The zero-order chi connectivity index (χ0) is 29.4. The fourth-order valence-electron chi connectivity index (χ4n) is 10.4. The van der Waals surface area contributed by atoms with Gasteiger partial charge in [-0.3, -0.25) is 0 Å². The number of esters is 1. The Morgan fingerprint density at radius 3 is 2.39 bits per heavy atom. The number of carbonyl (C=O) groups excluding carboxylic acids is 1. The van der Waals surface area contributed by atoms with Crippen LogP contribution in [0.1, 0.15) is 71.6 Å². The van der Waals surface area contributed by atoms with E-state index in [1.165, 1.54) is 14.2 Å². The first kappa shape index (κ1) is 29.9. The molecule has 10 heteroatoms. The number of carbonyl (C=O) groups is 1. The van der Waals surface area contributed by atoms with Crippen molar-refractivity contribution in [2.75, 3.05) is 27.4 Å². The number of fused-ring (bicyclic) bond motifs is 5. The molecular weight excluding hydrogens is 532 g/mol. The summed E-state index contributed by atoms with van der Waals surface area (Å²) in [6.07, 6.45) is 3.65. The van der Waals surface area contributed by atoms with Gasteiger partial charge in [-0.2, -0.15) is 0 Å². The third-order valence-corrected chi connectivity index (χ3v) is 12.7. The van der Waals surface area contributed by atoms with Gasteiger partial charge < -0.3 is 44.1 Å². The quantitative estimate of drug-likeness (QED) is 0.271. The molecule has 0 aromatic heterocycles. The summed E-state index contributed by atoms with van der Waals surface area (Å²) >= 11 is 0. The molecule has 2 aliphatic heterocycles. The Bertz CT molecular complexity index is 1050. The fourth-order valence-corrected chi connectivity index (χ4v) is 10.4. The van der Waals surface area contributed by atoms with E-state index in [1.54, 1.807) is 13.0 Å². The predicted octanol–water partition coefficient (Wildman–Crippen LogP) is 1.85. The van der Waals surface area contributed by atoms with Crippen LogP contribution in [0.4, 0.5) is 0 Å². The molecule has 0 unspecified atom stereocenters. The molecule has 0 amide bonds. The fraction of sp³-hybridized carbons (Fsp3) is 0.903. The van der Waals surface area contributed by atoms with Crippen molar-refractivity contribution in [2.45, 2.75) is 120 Å². The molecule has 4 saturated carbocycles. The van der Waals surface area contributed by atoms with Crippen LogP contribution in [-0.4, -0.2) is 102 Å². The standard InChI is InChI=1S/C31H48O10/c1-17-24(34)25(37-3)26(38-4)27(40-17)41-19-5-10-29(16-32)21-6-9-28(2)20(18-13-23(33)39-15-18)8-12-31(28,36)22(21)7-11-30(29,35)14-19/h13,17,19-22,24-27,32,34-36H,5-12,14-16H2,1-4H3/t17-,19+,20-,21+,22-,24+,25+,26-,27+,28-,29+,30+,31+/m1/s1. The zero-order valence-electron chi connectivity index (χ0n) is 24.8. The second-order valence-corrected chi connectivity index (χ2v) is 14.0. The van der Waals surface area contributed by atoms with Crippen LogP contribution in [0.2, 0.25) is 0 Å². The second kappa shape index (κ2) is 10.5. The SMILES string of the molecule is CO[C@H]1[C@H](O[C@H]2CC[C@]3(CO)[C@H]4CC[C@]5(C)[C@@H](C6=CC(=O)OC6)CC[C@]5(O)[C@@H]4CC[C@]3(O)C2)O[C@H](C)[C@H](O)[C@@H]1OC. The van der Waals surface area contributed by atoms with Crippen molar-refractivity contribution in [1.29, 1.82) is 0 Å². The van der Waals surface area contributed by atoms with Gasteiger partial charge in [0, 0.05) is 37.5 Å². The van der Waals surface area contributed by atoms with Crippen molar-refractivity contribution in [3.05, 3.63) is 11.6 Å². The molecule has 0 spiro atoms. The third kappa shape index (κ3) is 4.23. The molecule has 0 bridgehead atoms. The maximum absolute atomic E-state index is 12.5. The van der Waals surface area contributed by atoms with Crippen LogP contribution < -0.4 is 0 Å². The number of ether oxygens (including phenoxy) is 5. The van der Waals surface area contributed by atoms with Gasteiger partial charge in [0.05, 0.1) is 30.0 Å². The van der Waals surface area contributed by atoms with Crippen molar-refractivity contribution >= 4 is 5.97 Å². The van der Waals surface area contributed by atoms with Crippen molar-refractivity contribution < 1.29 is 48.9 Å². The summed E-state index contributed by atoms with van der Waals surface area (Å²) in [6.45, 7) is 4.11. The summed E-state index contributed by atoms with van der Waals surface area (Å²) in [5, 5.41) is 46.3. The van der Waals surface area contributed by atoms with Crippen LogP contribution in [0.15, 0.2) is 11.6 Å². The van der Waals surface area contributed by atoms with Gasteiger partial charge in [-0.1, -0.05) is 6.92 Å². The zero-order valence-corrected chi connectivity index (χ0v) is 24.8. The van der Waals surface area contributed by atoms with Crippen LogP contribution >= 0.6 is 0 Å². The Hall–Kier alpha value is -1.11. The van der Waals surface area contributed by atoms with E-state index in [2.05, 4.69) is 6.92 Å². The van der Waals surface area contributed by atoms with Crippen LogP contribution in [0, 0.1) is 28.6 Å². The Balaban J connectivity index is 1.22. The van der Waals surface area contributed by atoms with Gasteiger partial charge in [0.2, 0.25) is 0 Å². The Labute approximate surface area is 242 Å². The highest BCUT2D eigenvalue weighted by Crippen LogP contribution is 2.70. The topological polar surface area (TPSA) is 144 Å². The second-order valence-electron chi connectivity index (χ2n) is 14.0.